The summed E-state index contributed by atoms with van der Waals surface area (Å²) >= 11 is 0. The molecular weight excluding hydrogens is 412 g/mol. The molecule has 0 bridgehead atoms. The molecule has 0 atom stereocenters. The van der Waals surface area contributed by atoms with Crippen molar-refractivity contribution in [1.29, 1.82) is 5.26 Å². The third-order valence-electron chi connectivity index (χ3n) is 5.72. The quantitative estimate of drug-likeness (QED) is 0.310. The van der Waals surface area contributed by atoms with Gasteiger partial charge in [-0.3, -0.25) is 0 Å². The molecule has 1 N–H and O–H groups in total. The number of nitrogens with one attached hydrogen (secondary N) is 1. The van der Waals surface area contributed by atoms with E-state index in [2.05, 4.69) is 40.2 Å². The molecule has 1 aromatic heterocycles. The molecule has 0 aliphatic heterocycles. The van der Waals surface area contributed by atoms with E-state index in [-0.39, 0.29) is 0 Å². The van der Waals surface area contributed by atoms with Crippen LogP contribution < -0.4 is 14.9 Å². The summed E-state index contributed by atoms with van der Waals surface area (Å²) < 4.78 is 12.9. The zero-order valence-corrected chi connectivity index (χ0v) is 19.0. The van der Waals surface area contributed by atoms with E-state index in [1.807, 2.05) is 60.8 Å². The van der Waals surface area contributed by atoms with Crippen molar-refractivity contribution >= 4 is 17.1 Å². The fraction of sp³-hybridized carbons (Fsp3) is 0.185. The molecule has 0 aliphatic carbocycles. The number of methoxy groups -OCH3 is 2. The third kappa shape index (κ3) is 4.68. The molecule has 0 aliphatic rings. The summed E-state index contributed by atoms with van der Waals surface area (Å²) in [6.07, 6.45) is 1.88. The van der Waals surface area contributed by atoms with Crippen molar-refractivity contribution < 1.29 is 9.47 Å². The minimum absolute atomic E-state index is 0.569. The average molecular weight is 439 g/mol. The summed E-state index contributed by atoms with van der Waals surface area (Å²) in [7, 11) is 3.25. The monoisotopic (exact) mass is 438 g/mol. The molecule has 3 aromatic carbocycles. The number of ether oxygens (including phenoxy) is 2. The molecule has 0 amide bonds. The summed E-state index contributed by atoms with van der Waals surface area (Å²) in [5.74, 6) is 1.40. The summed E-state index contributed by atoms with van der Waals surface area (Å²) in [4.78, 5) is 0. The molecule has 1 heterocycles. The summed E-state index contributed by atoms with van der Waals surface area (Å²) in [6.45, 7) is 3.41. The standard InChI is InChI=1S/C27H26N4O2/c1-19-24(17-30-29-16-22-12-13-26(32-2)27(14-22)33-3)23-6-4-5-7-25(23)31(19)18-21-10-8-20(15-28)9-11-21/h4-14,17,29H,16,18H2,1-3H3/b30-17+. The van der Waals surface area contributed by atoms with Crippen LogP contribution in [0.2, 0.25) is 0 Å². The molecule has 4 aromatic rings. The molecule has 33 heavy (non-hydrogen) atoms. The largest absolute Gasteiger partial charge is 0.493 e. The minimum Gasteiger partial charge on any atom is -0.493 e. The van der Waals surface area contributed by atoms with Crippen LogP contribution in [0.25, 0.3) is 10.9 Å². The van der Waals surface area contributed by atoms with Crippen molar-refractivity contribution in [3.63, 3.8) is 0 Å². The van der Waals surface area contributed by atoms with E-state index < -0.39 is 0 Å². The Morgan fingerprint density at radius 3 is 2.42 bits per heavy atom. The summed E-state index contributed by atoms with van der Waals surface area (Å²) in [6, 6.07) is 24.0. The van der Waals surface area contributed by atoms with Crippen molar-refractivity contribution in [3.05, 3.63) is 94.7 Å². The fourth-order valence-corrected chi connectivity index (χ4v) is 3.93. The van der Waals surface area contributed by atoms with Crippen LogP contribution >= 0.6 is 0 Å². The maximum absolute atomic E-state index is 9.04. The van der Waals surface area contributed by atoms with Crippen LogP contribution in [0, 0.1) is 18.3 Å². The first-order chi connectivity index (χ1) is 16.1. The highest BCUT2D eigenvalue weighted by molar-refractivity contribution is 6.01. The lowest BCUT2D eigenvalue weighted by atomic mass is 10.1. The molecular formula is C27H26N4O2. The van der Waals surface area contributed by atoms with Crippen LogP contribution in [-0.4, -0.2) is 25.0 Å². The number of hydrazone groups is 1. The second kappa shape index (κ2) is 9.92. The number of nitrogens with zero attached hydrogens (tertiary/aromatic N) is 3. The van der Waals surface area contributed by atoms with Crippen LogP contribution in [-0.2, 0) is 13.1 Å². The predicted octanol–water partition coefficient (Wildman–Crippen LogP) is 5.01. The van der Waals surface area contributed by atoms with E-state index in [4.69, 9.17) is 14.7 Å². The Balaban J connectivity index is 1.55. The molecule has 6 heteroatoms. The molecule has 0 saturated heterocycles. The lowest BCUT2D eigenvalue weighted by Gasteiger charge is -2.09. The van der Waals surface area contributed by atoms with Gasteiger partial charge in [0.15, 0.2) is 11.5 Å². The van der Waals surface area contributed by atoms with Crippen LogP contribution in [0.3, 0.4) is 0 Å². The van der Waals surface area contributed by atoms with Gasteiger partial charge in [-0.1, -0.05) is 36.4 Å². The Morgan fingerprint density at radius 1 is 0.970 bits per heavy atom. The fourth-order valence-electron chi connectivity index (χ4n) is 3.93. The Morgan fingerprint density at radius 2 is 1.70 bits per heavy atom. The third-order valence-corrected chi connectivity index (χ3v) is 5.72. The Kier molecular flexibility index (Phi) is 6.61. The number of fused-ring (bicyclic) bond motifs is 1. The Bertz CT molecular complexity index is 1330. The number of hydrogen-bond donors (Lipinski definition) is 1. The van der Waals surface area contributed by atoms with Gasteiger partial charge in [0.25, 0.3) is 0 Å². The number of nitriles is 1. The second-order valence-electron chi connectivity index (χ2n) is 7.69. The van der Waals surface area contributed by atoms with E-state index in [9.17, 15) is 0 Å². The van der Waals surface area contributed by atoms with Gasteiger partial charge < -0.3 is 19.5 Å². The highest BCUT2D eigenvalue weighted by Crippen LogP contribution is 2.28. The topological polar surface area (TPSA) is 71.6 Å². The van der Waals surface area contributed by atoms with Gasteiger partial charge in [0.2, 0.25) is 0 Å². The van der Waals surface area contributed by atoms with Gasteiger partial charge in [0.05, 0.1) is 38.6 Å². The smallest absolute Gasteiger partial charge is 0.161 e. The highest BCUT2D eigenvalue weighted by atomic mass is 16.5. The SMILES string of the molecule is COc1ccc(CN/N=C/c2c(C)n(Cc3ccc(C#N)cc3)c3ccccc23)cc1OC. The van der Waals surface area contributed by atoms with Crippen molar-refractivity contribution in [2.75, 3.05) is 14.2 Å². The van der Waals surface area contributed by atoms with Crippen LogP contribution in [0.4, 0.5) is 0 Å². The van der Waals surface area contributed by atoms with Gasteiger partial charge in [-0.2, -0.15) is 10.4 Å². The first-order valence-corrected chi connectivity index (χ1v) is 10.7. The molecule has 4 rings (SSSR count). The average Bonchev–Trinajstić information content (AvgIpc) is 3.12. The molecule has 0 saturated carbocycles. The number of rotatable bonds is 8. The molecule has 0 unspecified atom stereocenters. The summed E-state index contributed by atoms with van der Waals surface area (Å²) in [5, 5.41) is 14.7. The van der Waals surface area contributed by atoms with E-state index in [1.54, 1.807) is 14.2 Å². The normalized spacial score (nSPS) is 11.0. The van der Waals surface area contributed by atoms with Gasteiger partial charge in [0.1, 0.15) is 0 Å². The van der Waals surface area contributed by atoms with E-state index in [1.165, 1.54) is 0 Å². The predicted molar refractivity (Wildman–Crippen MR) is 131 cm³/mol. The van der Waals surface area contributed by atoms with Crippen molar-refractivity contribution in [2.45, 2.75) is 20.0 Å². The first-order valence-electron chi connectivity index (χ1n) is 10.7. The van der Waals surface area contributed by atoms with Gasteiger partial charge in [0, 0.05) is 28.7 Å². The van der Waals surface area contributed by atoms with Gasteiger partial charge >= 0.3 is 0 Å². The molecule has 0 fully saturated rings. The number of hydrogen-bond acceptors (Lipinski definition) is 5. The second-order valence-corrected chi connectivity index (χ2v) is 7.69. The maximum atomic E-state index is 9.04. The zero-order chi connectivity index (χ0) is 23.2. The number of aromatic nitrogens is 1. The summed E-state index contributed by atoms with van der Waals surface area (Å²) in [5.41, 5.74) is 9.37. The maximum Gasteiger partial charge on any atom is 0.161 e. The van der Waals surface area contributed by atoms with Gasteiger partial charge in [-0.05, 0) is 48.4 Å². The number of para-hydroxylation sites is 1. The first kappa shape index (κ1) is 22.0. The molecule has 0 radical (unpaired) electrons. The van der Waals surface area contributed by atoms with E-state index in [0.29, 0.717) is 23.6 Å². The lowest BCUT2D eigenvalue weighted by molar-refractivity contribution is 0.354. The molecule has 6 nitrogen and oxygen atoms in total. The van der Waals surface area contributed by atoms with E-state index in [0.717, 1.165) is 39.8 Å². The minimum atomic E-state index is 0.569. The van der Waals surface area contributed by atoms with Crippen molar-refractivity contribution in [1.82, 2.24) is 9.99 Å². The van der Waals surface area contributed by atoms with Crippen LogP contribution in [0.5, 0.6) is 11.5 Å². The Hall–Kier alpha value is -4.24. The molecule has 0 spiro atoms. The highest BCUT2D eigenvalue weighted by Gasteiger charge is 2.13. The van der Waals surface area contributed by atoms with Crippen molar-refractivity contribution in [2.24, 2.45) is 5.10 Å². The zero-order valence-electron chi connectivity index (χ0n) is 19.0. The lowest BCUT2D eigenvalue weighted by Crippen LogP contribution is -2.06. The van der Waals surface area contributed by atoms with Crippen LogP contribution in [0.15, 0.2) is 71.8 Å². The van der Waals surface area contributed by atoms with E-state index >= 15 is 0 Å². The van der Waals surface area contributed by atoms with Gasteiger partial charge in [-0.15, -0.1) is 0 Å². The van der Waals surface area contributed by atoms with Gasteiger partial charge in [-0.25, -0.2) is 0 Å². The number of benzene rings is 3. The Labute approximate surface area is 193 Å². The van der Waals surface area contributed by atoms with Crippen molar-refractivity contribution in [3.8, 4) is 17.6 Å². The molecule has 166 valence electrons. The van der Waals surface area contributed by atoms with Crippen LogP contribution in [0.1, 0.15) is 27.9 Å².